The molecule has 1 rings (SSSR count). The topological polar surface area (TPSA) is 125 Å². The Kier molecular flexibility index (Phi) is 6.70. The Hall–Kier alpha value is -0.700. The molecule has 1 heterocycles. The average Bonchev–Trinajstić information content (AvgIpc) is 2.37. The predicted octanol–water partition coefficient (Wildman–Crippen LogP) is -1.55. The van der Waals surface area contributed by atoms with E-state index in [0.29, 0.717) is 25.1 Å². The Balaban J connectivity index is 2.33. The van der Waals surface area contributed by atoms with Gasteiger partial charge >= 0.3 is 0 Å². The van der Waals surface area contributed by atoms with E-state index in [0.717, 1.165) is 6.42 Å². The van der Waals surface area contributed by atoms with Crippen LogP contribution >= 0.6 is 0 Å². The molecule has 7 heteroatoms. The van der Waals surface area contributed by atoms with Crippen LogP contribution in [0.1, 0.15) is 19.3 Å². The van der Waals surface area contributed by atoms with Gasteiger partial charge in [0.15, 0.2) is 6.29 Å². The van der Waals surface area contributed by atoms with Crippen molar-refractivity contribution in [1.29, 1.82) is 0 Å². The standard InChI is InChI=1S/C12H23NO6/c1-7(13)4-2-3-5-18-12-11(17)10(16)9(15)8(6-14)19-12/h8-12,14-17H,1-6,13H2. The van der Waals surface area contributed by atoms with Crippen LogP contribution in [0, 0.1) is 0 Å². The molecule has 0 aromatic rings. The van der Waals surface area contributed by atoms with Gasteiger partial charge in [0.05, 0.1) is 6.61 Å². The Labute approximate surface area is 112 Å². The fraction of sp³-hybridized carbons (Fsp3) is 0.833. The fourth-order valence-electron chi connectivity index (χ4n) is 1.86. The zero-order valence-corrected chi connectivity index (χ0v) is 10.8. The van der Waals surface area contributed by atoms with Gasteiger partial charge in [0, 0.05) is 12.3 Å². The first-order valence-electron chi connectivity index (χ1n) is 6.32. The van der Waals surface area contributed by atoms with Crippen LogP contribution in [-0.2, 0) is 9.47 Å². The summed E-state index contributed by atoms with van der Waals surface area (Å²) < 4.78 is 10.5. The summed E-state index contributed by atoms with van der Waals surface area (Å²) in [6, 6.07) is 0. The monoisotopic (exact) mass is 277 g/mol. The number of allylic oxidation sites excluding steroid dienone is 1. The van der Waals surface area contributed by atoms with Gasteiger partial charge in [-0.2, -0.15) is 0 Å². The van der Waals surface area contributed by atoms with E-state index in [-0.39, 0.29) is 0 Å². The quantitative estimate of drug-likeness (QED) is 0.356. The van der Waals surface area contributed by atoms with E-state index in [1.807, 2.05) is 0 Å². The van der Waals surface area contributed by atoms with E-state index >= 15 is 0 Å². The SMILES string of the molecule is C=C(N)CCCCOC1OC(CO)C(O)C(O)C1O. The number of nitrogens with two attached hydrogens (primary N) is 1. The van der Waals surface area contributed by atoms with Crippen molar-refractivity contribution < 1.29 is 29.9 Å². The molecule has 0 spiro atoms. The molecule has 1 saturated heterocycles. The predicted molar refractivity (Wildman–Crippen MR) is 66.9 cm³/mol. The third kappa shape index (κ3) is 4.72. The first-order chi connectivity index (χ1) is 8.97. The summed E-state index contributed by atoms with van der Waals surface area (Å²) in [5.41, 5.74) is 6.03. The zero-order valence-electron chi connectivity index (χ0n) is 10.8. The van der Waals surface area contributed by atoms with Crippen LogP contribution in [0.25, 0.3) is 0 Å². The minimum absolute atomic E-state index is 0.315. The van der Waals surface area contributed by atoms with E-state index in [9.17, 15) is 15.3 Å². The Morgan fingerprint density at radius 1 is 1.16 bits per heavy atom. The van der Waals surface area contributed by atoms with E-state index in [1.165, 1.54) is 0 Å². The molecule has 5 atom stereocenters. The number of aliphatic hydroxyl groups is 4. The Morgan fingerprint density at radius 2 is 1.84 bits per heavy atom. The average molecular weight is 277 g/mol. The van der Waals surface area contributed by atoms with Crippen molar-refractivity contribution >= 4 is 0 Å². The van der Waals surface area contributed by atoms with Gasteiger partial charge in [-0.3, -0.25) is 0 Å². The summed E-state index contributed by atoms with van der Waals surface area (Å²) in [4.78, 5) is 0. The maximum absolute atomic E-state index is 9.69. The lowest BCUT2D eigenvalue weighted by Gasteiger charge is -2.39. The van der Waals surface area contributed by atoms with Crippen molar-refractivity contribution in [2.75, 3.05) is 13.2 Å². The van der Waals surface area contributed by atoms with E-state index in [4.69, 9.17) is 20.3 Å². The largest absolute Gasteiger partial charge is 0.403 e. The molecule has 0 radical (unpaired) electrons. The van der Waals surface area contributed by atoms with Gasteiger partial charge in [-0.1, -0.05) is 6.58 Å². The van der Waals surface area contributed by atoms with Gasteiger partial charge in [0.2, 0.25) is 0 Å². The molecule has 1 aliphatic rings. The Morgan fingerprint density at radius 3 is 2.42 bits per heavy atom. The number of unbranched alkanes of at least 4 members (excludes halogenated alkanes) is 1. The van der Waals surface area contributed by atoms with E-state index in [2.05, 4.69) is 6.58 Å². The van der Waals surface area contributed by atoms with Crippen LogP contribution in [0.2, 0.25) is 0 Å². The van der Waals surface area contributed by atoms with Crippen molar-refractivity contribution in [2.24, 2.45) is 5.73 Å². The molecule has 19 heavy (non-hydrogen) atoms. The van der Waals surface area contributed by atoms with Gasteiger partial charge in [0.1, 0.15) is 24.4 Å². The first kappa shape index (κ1) is 16.4. The lowest BCUT2D eigenvalue weighted by atomic mass is 9.99. The summed E-state index contributed by atoms with van der Waals surface area (Å²) in [5.74, 6) is 0. The number of ether oxygens (including phenoxy) is 2. The normalized spacial score (nSPS) is 35.3. The molecule has 0 aliphatic carbocycles. The summed E-state index contributed by atoms with van der Waals surface area (Å²) >= 11 is 0. The van der Waals surface area contributed by atoms with Gasteiger partial charge in [0.25, 0.3) is 0 Å². The van der Waals surface area contributed by atoms with E-state index < -0.39 is 37.3 Å². The highest BCUT2D eigenvalue weighted by Gasteiger charge is 2.43. The van der Waals surface area contributed by atoms with Crippen LogP contribution in [0.3, 0.4) is 0 Å². The Bertz CT molecular complexity index is 285. The molecule has 1 fully saturated rings. The van der Waals surface area contributed by atoms with Crippen LogP contribution in [0.5, 0.6) is 0 Å². The van der Waals surface area contributed by atoms with Gasteiger partial charge in [-0.25, -0.2) is 0 Å². The molecule has 0 aromatic carbocycles. The smallest absolute Gasteiger partial charge is 0.186 e. The second-order valence-corrected chi connectivity index (χ2v) is 4.68. The fourth-order valence-corrected chi connectivity index (χ4v) is 1.86. The maximum atomic E-state index is 9.69. The number of hydrogen-bond acceptors (Lipinski definition) is 7. The van der Waals surface area contributed by atoms with Gasteiger partial charge < -0.3 is 35.6 Å². The molecule has 0 amide bonds. The molecule has 5 unspecified atom stereocenters. The molecular formula is C12H23NO6. The first-order valence-corrected chi connectivity index (χ1v) is 6.32. The van der Waals surface area contributed by atoms with Crippen molar-refractivity contribution in [1.82, 2.24) is 0 Å². The van der Waals surface area contributed by atoms with Crippen LogP contribution < -0.4 is 5.73 Å². The highest BCUT2D eigenvalue weighted by molar-refractivity contribution is 4.89. The van der Waals surface area contributed by atoms with Crippen LogP contribution in [-0.4, -0.2) is 64.3 Å². The molecule has 0 saturated carbocycles. The van der Waals surface area contributed by atoms with Crippen molar-refractivity contribution in [3.8, 4) is 0 Å². The minimum atomic E-state index is -1.40. The summed E-state index contributed by atoms with van der Waals surface area (Å²) in [6.45, 7) is 3.43. The molecule has 6 N–H and O–H groups in total. The van der Waals surface area contributed by atoms with Crippen LogP contribution in [0.15, 0.2) is 12.3 Å². The molecule has 112 valence electrons. The summed E-state index contributed by atoms with van der Waals surface area (Å²) in [5, 5.41) is 37.8. The van der Waals surface area contributed by atoms with Crippen molar-refractivity contribution in [2.45, 2.75) is 50.0 Å². The van der Waals surface area contributed by atoms with Gasteiger partial charge in [-0.05, 0) is 19.3 Å². The highest BCUT2D eigenvalue weighted by Crippen LogP contribution is 2.22. The lowest BCUT2D eigenvalue weighted by molar-refractivity contribution is -0.301. The number of rotatable bonds is 7. The van der Waals surface area contributed by atoms with Crippen molar-refractivity contribution in [3.63, 3.8) is 0 Å². The summed E-state index contributed by atoms with van der Waals surface area (Å²) in [7, 11) is 0. The molecule has 0 aromatic heterocycles. The lowest BCUT2D eigenvalue weighted by Crippen LogP contribution is -2.59. The summed E-state index contributed by atoms with van der Waals surface area (Å²) in [6.07, 6.45) is -3.91. The maximum Gasteiger partial charge on any atom is 0.186 e. The minimum Gasteiger partial charge on any atom is -0.403 e. The van der Waals surface area contributed by atoms with Gasteiger partial charge in [-0.15, -0.1) is 0 Å². The van der Waals surface area contributed by atoms with Crippen molar-refractivity contribution in [3.05, 3.63) is 12.3 Å². The van der Waals surface area contributed by atoms with Crippen LogP contribution in [0.4, 0.5) is 0 Å². The van der Waals surface area contributed by atoms with E-state index in [1.54, 1.807) is 0 Å². The molecule has 1 aliphatic heterocycles. The molecule has 0 bridgehead atoms. The third-order valence-corrected chi connectivity index (χ3v) is 3.02. The zero-order chi connectivity index (χ0) is 14.4. The third-order valence-electron chi connectivity index (χ3n) is 3.02. The number of hydrogen-bond donors (Lipinski definition) is 5. The highest BCUT2D eigenvalue weighted by atomic mass is 16.7. The number of aliphatic hydroxyl groups excluding tert-OH is 4. The second kappa shape index (κ2) is 7.78. The second-order valence-electron chi connectivity index (χ2n) is 4.68. The molecule has 7 nitrogen and oxygen atoms in total. The molecular weight excluding hydrogens is 254 g/mol.